The highest BCUT2D eigenvalue weighted by Crippen LogP contribution is 2.60. The fraction of sp³-hybridized carbons (Fsp3) is 0.625. The predicted molar refractivity (Wildman–Crippen MR) is 98.5 cm³/mol. The summed E-state index contributed by atoms with van der Waals surface area (Å²) in [5, 5.41) is 12.5. The van der Waals surface area contributed by atoms with E-state index in [2.05, 4.69) is 37.5 Å². The van der Waals surface area contributed by atoms with E-state index in [-0.39, 0.29) is 17.2 Å². The molecule has 0 saturated heterocycles. The fourth-order valence-corrected chi connectivity index (χ4v) is 2.70. The molecule has 0 aromatic carbocycles. The van der Waals surface area contributed by atoms with E-state index in [1.54, 1.807) is 18.5 Å². The fourth-order valence-electron chi connectivity index (χ4n) is 2.70. The summed E-state index contributed by atoms with van der Waals surface area (Å²) in [5.74, 6) is 0. The van der Waals surface area contributed by atoms with E-state index in [4.69, 9.17) is 16.6 Å². The van der Waals surface area contributed by atoms with E-state index in [9.17, 15) is 0 Å². The maximum atomic E-state index is 7.01. The smallest absolute Gasteiger partial charge is 0.0938 e. The Kier molecular flexibility index (Phi) is 11.1. The van der Waals surface area contributed by atoms with Crippen LogP contribution in [0.4, 0.5) is 0 Å². The van der Waals surface area contributed by atoms with Gasteiger partial charge in [0, 0.05) is 37.2 Å². The van der Waals surface area contributed by atoms with Crippen LogP contribution < -0.4 is 11.9 Å². The van der Waals surface area contributed by atoms with Gasteiger partial charge >= 0.3 is 0 Å². The zero-order chi connectivity index (χ0) is 16.4. The summed E-state index contributed by atoms with van der Waals surface area (Å²) in [6.45, 7) is 8.92. The van der Waals surface area contributed by atoms with Crippen molar-refractivity contribution >= 4 is 25.4 Å². The third kappa shape index (κ3) is 5.18. The van der Waals surface area contributed by atoms with E-state index in [1.165, 1.54) is 12.6 Å². The van der Waals surface area contributed by atoms with Crippen molar-refractivity contribution in [1.82, 2.24) is 6.15 Å². The Morgan fingerprint density at radius 2 is 1.73 bits per heavy atom. The number of hydrogen-bond acceptors (Lipinski definition) is 6. The number of hydrogen-bond donors (Lipinski definition) is 4. The third-order valence-electron chi connectivity index (χ3n) is 3.49. The van der Waals surface area contributed by atoms with E-state index >= 15 is 0 Å². The molecule has 2 atom stereocenters. The highest BCUT2D eigenvalue weighted by molar-refractivity contribution is 6.17. The van der Waals surface area contributed by atoms with Crippen molar-refractivity contribution in [3.05, 3.63) is 11.8 Å². The largest absolute Gasteiger partial charge is 0.402 e. The van der Waals surface area contributed by atoms with Gasteiger partial charge in [0.05, 0.1) is 11.1 Å². The van der Waals surface area contributed by atoms with Gasteiger partial charge in [-0.15, -0.1) is 0 Å². The Balaban J connectivity index is 0. The zero-order valence-electron chi connectivity index (χ0n) is 14.2. The quantitative estimate of drug-likeness (QED) is 0.578. The minimum atomic E-state index is -0.110. The molecule has 1 saturated carbocycles. The van der Waals surface area contributed by atoms with Crippen LogP contribution in [0.5, 0.6) is 0 Å². The lowest BCUT2D eigenvalue weighted by atomic mass is 9.99. The van der Waals surface area contributed by atoms with Gasteiger partial charge in [0.2, 0.25) is 0 Å². The number of nitrogens with one attached hydrogen (secondary N) is 2. The first-order valence-corrected chi connectivity index (χ1v) is 7.49. The van der Waals surface area contributed by atoms with Gasteiger partial charge in [-0.25, -0.2) is 0 Å². The van der Waals surface area contributed by atoms with Crippen LogP contribution >= 0.6 is 0 Å². The number of nitrogens with zero attached hydrogens (tertiary/aromatic N) is 2. The van der Waals surface area contributed by atoms with Crippen molar-refractivity contribution in [3.8, 4) is 0 Å². The van der Waals surface area contributed by atoms with Crippen LogP contribution in [0.3, 0.4) is 0 Å². The molecular formula is C16H32N6. The van der Waals surface area contributed by atoms with Gasteiger partial charge in [0.25, 0.3) is 0 Å². The summed E-state index contributed by atoms with van der Waals surface area (Å²) in [5.41, 5.74) is 6.48. The van der Waals surface area contributed by atoms with Crippen LogP contribution in [0, 0.1) is 10.8 Å². The summed E-state index contributed by atoms with van der Waals surface area (Å²) in [7, 11) is 0. The molecule has 7 N–H and O–H groups in total. The Labute approximate surface area is 134 Å². The molecule has 6 nitrogen and oxygen atoms in total. The van der Waals surface area contributed by atoms with Gasteiger partial charge in [0.1, 0.15) is 0 Å². The first-order valence-electron chi connectivity index (χ1n) is 7.49. The standard InChI is InChI=1S/C12H18N4.C3H8.CH3N.H3N/c1-2-4-11-9-12(11,16-7-6-15-11)8-10(14)3-5-13;1-3-2;1-2;/h3,5-7,13H,2,4,8-9,14H2,1H3;3H2,1-2H3;2H,1H2;1H3/b10-3-,13-5?;;;. The van der Waals surface area contributed by atoms with Crippen molar-refractivity contribution in [1.29, 1.82) is 10.8 Å². The molecule has 2 rings (SSSR count). The second-order valence-electron chi connectivity index (χ2n) is 5.34. The summed E-state index contributed by atoms with van der Waals surface area (Å²) in [4.78, 5) is 9.17. The molecule has 0 aromatic heterocycles. The minimum absolute atomic E-state index is 0. The number of rotatable bonds is 5. The number of aliphatic imine (C=N–C) groups is 2. The average molecular weight is 308 g/mol. The molecule has 22 heavy (non-hydrogen) atoms. The van der Waals surface area contributed by atoms with Crippen molar-refractivity contribution in [2.45, 2.75) is 64.0 Å². The van der Waals surface area contributed by atoms with E-state index in [1.807, 2.05) is 0 Å². The summed E-state index contributed by atoms with van der Waals surface area (Å²) < 4.78 is 0. The highest BCUT2D eigenvalue weighted by Gasteiger charge is 2.67. The highest BCUT2D eigenvalue weighted by atomic mass is 15.1. The first-order chi connectivity index (χ1) is 10.1. The molecule has 0 amide bonds. The van der Waals surface area contributed by atoms with Gasteiger partial charge < -0.3 is 22.7 Å². The molecule has 0 bridgehead atoms. The summed E-state index contributed by atoms with van der Waals surface area (Å²) >= 11 is 0. The first kappa shape index (κ1) is 22.5. The van der Waals surface area contributed by atoms with Crippen molar-refractivity contribution in [3.63, 3.8) is 0 Å². The number of fused-ring (bicyclic) bond motifs is 1. The Morgan fingerprint density at radius 1 is 1.23 bits per heavy atom. The van der Waals surface area contributed by atoms with Crippen LogP contribution in [-0.4, -0.2) is 36.4 Å². The molecular weight excluding hydrogens is 276 g/mol. The second kappa shape index (κ2) is 10.8. The molecule has 0 spiro atoms. The van der Waals surface area contributed by atoms with Crippen LogP contribution in [0.1, 0.15) is 52.9 Å². The Morgan fingerprint density at radius 3 is 2.18 bits per heavy atom. The zero-order valence-corrected chi connectivity index (χ0v) is 14.2. The predicted octanol–water partition coefficient (Wildman–Crippen LogP) is 3.55. The lowest BCUT2D eigenvalue weighted by molar-refractivity contribution is 0.488. The maximum absolute atomic E-state index is 7.01. The Bertz CT molecular complexity index is 415. The van der Waals surface area contributed by atoms with Gasteiger partial charge in [-0.2, -0.15) is 0 Å². The normalized spacial score (nSPS) is 27.1. The maximum Gasteiger partial charge on any atom is 0.0938 e. The lowest BCUT2D eigenvalue weighted by Crippen LogP contribution is -2.27. The molecule has 0 aromatic rings. The van der Waals surface area contributed by atoms with Crippen molar-refractivity contribution in [2.75, 3.05) is 0 Å². The molecule has 1 heterocycles. The topological polar surface area (TPSA) is 133 Å². The van der Waals surface area contributed by atoms with Crippen LogP contribution in [0.2, 0.25) is 0 Å². The number of allylic oxidation sites excluding steroid dienone is 1. The van der Waals surface area contributed by atoms with Gasteiger partial charge in [-0.3, -0.25) is 9.98 Å². The summed E-state index contributed by atoms with van der Waals surface area (Å²) in [6.07, 6.45) is 11.6. The van der Waals surface area contributed by atoms with Crippen LogP contribution in [0.15, 0.2) is 21.8 Å². The molecule has 1 aliphatic heterocycles. The molecule has 2 unspecified atom stereocenters. The lowest BCUT2D eigenvalue weighted by Gasteiger charge is -2.21. The second-order valence-corrected chi connectivity index (χ2v) is 5.34. The van der Waals surface area contributed by atoms with Gasteiger partial charge in [0.15, 0.2) is 0 Å². The van der Waals surface area contributed by atoms with Gasteiger partial charge in [-0.1, -0.05) is 33.6 Å². The molecule has 1 aliphatic carbocycles. The summed E-state index contributed by atoms with van der Waals surface area (Å²) in [6, 6.07) is 0. The SMILES string of the molecule is C=N.CCC.CCCC12CC1(C/C(N)=C/C=N)N=CC=N2.N. The average Bonchev–Trinajstić information content (AvgIpc) is 3.10. The monoisotopic (exact) mass is 308 g/mol. The van der Waals surface area contributed by atoms with Crippen molar-refractivity contribution < 1.29 is 0 Å². The minimum Gasteiger partial charge on any atom is -0.402 e. The number of nitrogens with two attached hydrogens (primary N) is 1. The van der Waals surface area contributed by atoms with Gasteiger partial charge in [-0.05, 0) is 19.2 Å². The molecule has 1 fully saturated rings. The molecule has 6 heteroatoms. The molecule has 126 valence electrons. The van der Waals surface area contributed by atoms with E-state index < -0.39 is 0 Å². The molecule has 0 radical (unpaired) electrons. The van der Waals surface area contributed by atoms with E-state index in [0.717, 1.165) is 31.4 Å². The third-order valence-corrected chi connectivity index (χ3v) is 3.49. The van der Waals surface area contributed by atoms with Crippen LogP contribution in [-0.2, 0) is 0 Å². The van der Waals surface area contributed by atoms with Crippen LogP contribution in [0.25, 0.3) is 0 Å². The van der Waals surface area contributed by atoms with Crippen molar-refractivity contribution in [2.24, 2.45) is 15.7 Å². The van der Waals surface area contributed by atoms with E-state index in [0.29, 0.717) is 0 Å². The Hall–Kier alpha value is -1.82. The molecule has 2 aliphatic rings.